The van der Waals surface area contributed by atoms with Crippen LogP contribution in [0, 0.1) is 0 Å². The molecule has 0 unspecified atom stereocenters. The molecule has 41 heavy (non-hydrogen) atoms. The third-order valence-electron chi connectivity index (χ3n) is 7.10. The second-order valence-electron chi connectivity index (χ2n) is 10.1. The van der Waals surface area contributed by atoms with Gasteiger partial charge in [-0.05, 0) is 12.1 Å². The molecule has 0 radical (unpaired) electrons. The van der Waals surface area contributed by atoms with Crippen LogP contribution >= 0.6 is 11.3 Å². The Hall–Kier alpha value is -3.48. The monoisotopic (exact) mass is 613 g/mol. The smallest absolute Gasteiger partial charge is 0.319 e. The molecule has 1 N–H and O–H groups in total. The average Bonchev–Trinajstić information content (AvgIpc) is 3.66. The van der Waals surface area contributed by atoms with Gasteiger partial charge in [-0.3, -0.25) is 8.97 Å². The van der Waals surface area contributed by atoms with Crippen LogP contribution in [0.5, 0.6) is 0 Å². The molecule has 1 aromatic carbocycles. The number of nitrogens with zero attached hydrogens (tertiary/aromatic N) is 8. The normalized spacial score (nSPS) is 17.5. The highest BCUT2D eigenvalue weighted by atomic mass is 32.2. The molecule has 4 aromatic rings. The van der Waals surface area contributed by atoms with Crippen molar-refractivity contribution in [2.75, 3.05) is 65.1 Å². The first-order valence-corrected chi connectivity index (χ1v) is 14.9. The van der Waals surface area contributed by atoms with Gasteiger partial charge in [-0.15, -0.1) is 10.2 Å². The standard InChI is InChI=1S/C23H26F3N9O4S2/c1-31(2)22(36)33-7-5-32(6-8-33)15-9-14(41(37,38)30-23(11-24)12-39-13-23)10-16-17(15)34-4-3-27-20(34)35(16)21-29-28-19(40-21)18(25)26/h3-4,9-10,18,30H,5-8,11-13H2,1-2H3. The first kappa shape index (κ1) is 27.7. The number of hydrogen-bond acceptors (Lipinski definition) is 9. The quantitative estimate of drug-likeness (QED) is 0.335. The van der Waals surface area contributed by atoms with Crippen LogP contribution in [0.15, 0.2) is 29.4 Å². The first-order valence-electron chi connectivity index (χ1n) is 12.6. The number of fused-ring (bicyclic) bond motifs is 3. The number of urea groups is 1. The SMILES string of the molecule is CN(C)C(=O)N1CCN(c2cc(S(=O)(=O)NC3(CF)COC3)cc3c2n2ccnc2n3-c2nnc(C(F)F)s2)CC1. The van der Waals surface area contributed by atoms with Gasteiger partial charge < -0.3 is 19.4 Å². The largest absolute Gasteiger partial charge is 0.377 e. The molecule has 0 aliphatic carbocycles. The number of aromatic nitrogens is 5. The van der Waals surface area contributed by atoms with Crippen molar-refractivity contribution in [2.45, 2.75) is 16.9 Å². The Bertz CT molecular complexity index is 1720. The van der Waals surface area contributed by atoms with Gasteiger partial charge in [0.1, 0.15) is 12.2 Å². The summed E-state index contributed by atoms with van der Waals surface area (Å²) >= 11 is 0.663. The van der Waals surface area contributed by atoms with E-state index in [1.165, 1.54) is 27.8 Å². The Morgan fingerprint density at radius 2 is 1.93 bits per heavy atom. The summed E-state index contributed by atoms with van der Waals surface area (Å²) in [7, 11) is -0.932. The van der Waals surface area contributed by atoms with Crippen LogP contribution in [0.2, 0.25) is 0 Å². The number of imidazole rings is 2. The zero-order chi connectivity index (χ0) is 29.1. The molecule has 18 heteroatoms. The van der Waals surface area contributed by atoms with Gasteiger partial charge in [0.2, 0.25) is 20.9 Å². The maximum absolute atomic E-state index is 13.8. The van der Waals surface area contributed by atoms with Gasteiger partial charge in [-0.1, -0.05) is 11.3 Å². The minimum absolute atomic E-state index is 0.0778. The van der Waals surface area contributed by atoms with Gasteiger partial charge in [-0.2, -0.15) is 4.72 Å². The van der Waals surface area contributed by atoms with Crippen molar-refractivity contribution in [3.8, 4) is 5.13 Å². The number of alkyl halides is 3. The highest BCUT2D eigenvalue weighted by Crippen LogP contribution is 2.37. The molecule has 2 saturated heterocycles. The Morgan fingerprint density at radius 1 is 1.20 bits per heavy atom. The van der Waals surface area contributed by atoms with Crippen LogP contribution in [-0.4, -0.2) is 114 Å². The number of halogens is 3. The first-order chi connectivity index (χ1) is 19.5. The zero-order valence-corrected chi connectivity index (χ0v) is 23.6. The number of carbonyl (C=O) groups is 1. The van der Waals surface area contributed by atoms with Crippen molar-refractivity contribution < 1.29 is 31.1 Å². The summed E-state index contributed by atoms with van der Waals surface area (Å²) < 4.78 is 78.6. The minimum Gasteiger partial charge on any atom is -0.377 e. The lowest BCUT2D eigenvalue weighted by Crippen LogP contribution is -2.63. The molecule has 6 rings (SSSR count). The summed E-state index contributed by atoms with van der Waals surface area (Å²) in [5, 5.41) is 7.12. The van der Waals surface area contributed by atoms with Gasteiger partial charge in [0, 0.05) is 52.7 Å². The van der Waals surface area contributed by atoms with Crippen molar-refractivity contribution in [3.05, 3.63) is 29.5 Å². The number of amides is 2. The van der Waals surface area contributed by atoms with Crippen LogP contribution in [0.25, 0.3) is 21.9 Å². The van der Waals surface area contributed by atoms with Gasteiger partial charge in [-0.25, -0.2) is 31.4 Å². The van der Waals surface area contributed by atoms with E-state index >= 15 is 0 Å². The molecule has 0 bridgehead atoms. The second-order valence-corrected chi connectivity index (χ2v) is 12.8. The van der Waals surface area contributed by atoms with E-state index in [0.717, 1.165) is 0 Å². The second kappa shape index (κ2) is 10.1. The van der Waals surface area contributed by atoms with Gasteiger partial charge in [0.15, 0.2) is 5.01 Å². The highest BCUT2D eigenvalue weighted by molar-refractivity contribution is 7.89. The Labute approximate surface area is 236 Å². The molecule has 0 saturated carbocycles. The van der Waals surface area contributed by atoms with Gasteiger partial charge in [0.25, 0.3) is 6.43 Å². The van der Waals surface area contributed by atoms with Crippen molar-refractivity contribution in [3.63, 3.8) is 0 Å². The molecule has 2 amide bonds. The third-order valence-corrected chi connectivity index (χ3v) is 9.58. The van der Waals surface area contributed by atoms with Crippen LogP contribution < -0.4 is 9.62 Å². The van der Waals surface area contributed by atoms with E-state index in [2.05, 4.69) is 19.9 Å². The van der Waals surface area contributed by atoms with E-state index in [1.54, 1.807) is 29.6 Å². The number of nitrogens with one attached hydrogen (secondary N) is 1. The van der Waals surface area contributed by atoms with Crippen LogP contribution in [0.4, 0.5) is 23.7 Å². The van der Waals surface area contributed by atoms with E-state index in [-0.39, 0.29) is 29.3 Å². The molecule has 2 aliphatic heterocycles. The molecule has 5 heterocycles. The maximum Gasteiger partial charge on any atom is 0.319 e. The maximum atomic E-state index is 13.8. The number of piperazine rings is 1. The molecule has 2 fully saturated rings. The van der Waals surface area contributed by atoms with E-state index in [4.69, 9.17) is 4.74 Å². The number of sulfonamides is 1. The Balaban J connectivity index is 1.52. The molecule has 220 valence electrons. The van der Waals surface area contributed by atoms with E-state index in [1.807, 2.05) is 4.90 Å². The lowest BCUT2D eigenvalue weighted by atomic mass is 10.0. The fourth-order valence-electron chi connectivity index (χ4n) is 5.01. The zero-order valence-electron chi connectivity index (χ0n) is 22.0. The van der Waals surface area contributed by atoms with Crippen LogP contribution in [0.1, 0.15) is 11.4 Å². The number of carbonyl (C=O) groups excluding carboxylic acids is 1. The summed E-state index contributed by atoms with van der Waals surface area (Å²) in [4.78, 5) is 21.9. The molecule has 0 spiro atoms. The van der Waals surface area contributed by atoms with Crippen LogP contribution in [-0.2, 0) is 14.8 Å². The minimum atomic E-state index is -4.27. The number of anilines is 1. The summed E-state index contributed by atoms with van der Waals surface area (Å²) in [5.41, 5.74) is 0.0340. The van der Waals surface area contributed by atoms with E-state index in [9.17, 15) is 26.4 Å². The van der Waals surface area contributed by atoms with Gasteiger partial charge in [0.05, 0.1) is 34.8 Å². The Kier molecular flexibility index (Phi) is 6.82. The third kappa shape index (κ3) is 4.67. The predicted molar refractivity (Wildman–Crippen MR) is 143 cm³/mol. The van der Waals surface area contributed by atoms with E-state index in [0.29, 0.717) is 60.0 Å². The highest BCUT2D eigenvalue weighted by Gasteiger charge is 2.43. The number of hydrogen-bond donors (Lipinski definition) is 1. The summed E-state index contributed by atoms with van der Waals surface area (Å²) in [6.45, 7) is 0.397. The van der Waals surface area contributed by atoms with Crippen molar-refractivity contribution >= 4 is 49.9 Å². The molecular weight excluding hydrogens is 587 g/mol. The molecule has 2 aliphatic rings. The van der Waals surface area contributed by atoms with E-state index < -0.39 is 33.7 Å². The fraction of sp³-hybridized carbons (Fsp3) is 0.478. The average molecular weight is 614 g/mol. The topological polar surface area (TPSA) is 130 Å². The lowest BCUT2D eigenvalue weighted by molar-refractivity contribution is -0.0725. The summed E-state index contributed by atoms with van der Waals surface area (Å²) in [6, 6.07) is 2.74. The van der Waals surface area contributed by atoms with Gasteiger partial charge >= 0.3 is 6.03 Å². The summed E-state index contributed by atoms with van der Waals surface area (Å²) in [5.74, 6) is 0.315. The lowest BCUT2D eigenvalue weighted by Gasteiger charge is -2.39. The van der Waals surface area contributed by atoms with Crippen molar-refractivity contribution in [2.24, 2.45) is 0 Å². The summed E-state index contributed by atoms with van der Waals surface area (Å²) in [6.07, 6.45) is 0.373. The molecule has 3 aromatic heterocycles. The molecule has 0 atom stereocenters. The number of benzene rings is 1. The van der Waals surface area contributed by atoms with Crippen LogP contribution in [0.3, 0.4) is 0 Å². The molecule has 13 nitrogen and oxygen atoms in total. The Morgan fingerprint density at radius 3 is 2.51 bits per heavy atom. The van der Waals surface area contributed by atoms with Crippen molar-refractivity contribution in [1.82, 2.24) is 38.7 Å². The number of rotatable bonds is 7. The fourth-order valence-corrected chi connectivity index (χ4v) is 7.11. The number of ether oxygens (including phenoxy) is 1. The van der Waals surface area contributed by atoms with Crippen molar-refractivity contribution in [1.29, 1.82) is 0 Å². The molecular formula is C23H26F3N9O4S2. The predicted octanol–water partition coefficient (Wildman–Crippen LogP) is 1.89.